The molecule has 0 amide bonds. The van der Waals surface area contributed by atoms with Crippen LogP contribution in [0.5, 0.6) is 0 Å². The summed E-state index contributed by atoms with van der Waals surface area (Å²) in [5.74, 6) is 1.01. The molecule has 0 aliphatic heterocycles. The van der Waals surface area contributed by atoms with Gasteiger partial charge in [-0.15, -0.1) is 0 Å². The van der Waals surface area contributed by atoms with Gasteiger partial charge in [0.05, 0.1) is 0 Å². The van der Waals surface area contributed by atoms with Crippen molar-refractivity contribution in [2.75, 3.05) is 12.4 Å². The van der Waals surface area contributed by atoms with Crippen LogP contribution in [0.2, 0.25) is 19.1 Å². The van der Waals surface area contributed by atoms with Gasteiger partial charge in [-0.25, -0.2) is 0 Å². The van der Waals surface area contributed by atoms with Crippen molar-refractivity contribution in [3.63, 3.8) is 0 Å². The lowest BCUT2D eigenvalue weighted by Gasteiger charge is -2.21. The number of hydrogen-bond acceptors (Lipinski definition) is 3. The Bertz CT molecular complexity index is 241. The SMILES string of the molecule is CCO[Si](C)(C)CCCCCCCCCCSC#N. The third kappa shape index (κ3) is 14.2. The van der Waals surface area contributed by atoms with Crippen LogP contribution >= 0.6 is 11.8 Å². The second kappa shape index (κ2) is 13.0. The molecule has 4 heteroatoms. The molecule has 112 valence electrons. The van der Waals surface area contributed by atoms with E-state index in [-0.39, 0.29) is 0 Å². The second-order valence-corrected chi connectivity index (χ2v) is 10.9. The number of unbranched alkanes of at least 4 members (excludes halogenated alkanes) is 7. The molecule has 0 heterocycles. The summed E-state index contributed by atoms with van der Waals surface area (Å²) in [4.78, 5) is 0. The number of nitriles is 1. The molecule has 19 heavy (non-hydrogen) atoms. The molecule has 0 fully saturated rings. The summed E-state index contributed by atoms with van der Waals surface area (Å²) in [7, 11) is -1.33. The highest BCUT2D eigenvalue weighted by molar-refractivity contribution is 8.03. The Balaban J connectivity index is 3.17. The first-order chi connectivity index (χ1) is 9.12. The van der Waals surface area contributed by atoms with Crippen LogP contribution in [0.1, 0.15) is 58.3 Å². The Labute approximate surface area is 125 Å². The van der Waals surface area contributed by atoms with Crippen LogP contribution in [-0.4, -0.2) is 20.7 Å². The van der Waals surface area contributed by atoms with E-state index >= 15 is 0 Å². The number of thiocyanates is 1. The molecule has 0 aromatic heterocycles. The maximum Gasteiger partial charge on any atom is 0.186 e. The van der Waals surface area contributed by atoms with E-state index in [0.717, 1.165) is 12.4 Å². The number of thioether (sulfide) groups is 1. The normalized spacial score (nSPS) is 11.5. The summed E-state index contributed by atoms with van der Waals surface area (Å²) in [5.41, 5.74) is 0. The number of nitrogens with zero attached hydrogens (tertiary/aromatic N) is 1. The number of hydrogen-bond donors (Lipinski definition) is 0. The molecule has 0 bridgehead atoms. The zero-order chi connectivity index (χ0) is 14.4. The Hall–Kier alpha value is 0.0169. The van der Waals surface area contributed by atoms with Crippen molar-refractivity contribution in [2.24, 2.45) is 0 Å². The molecule has 0 aliphatic rings. The fourth-order valence-electron chi connectivity index (χ4n) is 2.29. The monoisotopic (exact) mass is 301 g/mol. The van der Waals surface area contributed by atoms with Crippen LogP contribution in [0.15, 0.2) is 0 Å². The van der Waals surface area contributed by atoms with Crippen molar-refractivity contribution >= 4 is 20.1 Å². The molecule has 0 aromatic carbocycles. The van der Waals surface area contributed by atoms with Crippen molar-refractivity contribution < 1.29 is 4.43 Å². The summed E-state index contributed by atoms with van der Waals surface area (Å²) in [5, 5.41) is 10.5. The smallest absolute Gasteiger partial charge is 0.186 e. The quantitative estimate of drug-likeness (QED) is 0.253. The van der Waals surface area contributed by atoms with Gasteiger partial charge in [0.1, 0.15) is 5.40 Å². The first kappa shape index (κ1) is 19.0. The minimum atomic E-state index is -1.33. The predicted molar refractivity (Wildman–Crippen MR) is 88.9 cm³/mol. The molecule has 0 rings (SSSR count). The molecular weight excluding hydrogens is 270 g/mol. The molecule has 0 atom stereocenters. The van der Waals surface area contributed by atoms with E-state index in [1.807, 2.05) is 0 Å². The van der Waals surface area contributed by atoms with Crippen molar-refractivity contribution in [1.82, 2.24) is 0 Å². The third-order valence-electron chi connectivity index (χ3n) is 3.37. The van der Waals surface area contributed by atoms with E-state index in [1.54, 1.807) is 0 Å². The molecule has 0 aliphatic carbocycles. The Morgan fingerprint density at radius 1 is 0.947 bits per heavy atom. The van der Waals surface area contributed by atoms with Crippen LogP contribution in [-0.2, 0) is 4.43 Å². The van der Waals surface area contributed by atoms with E-state index < -0.39 is 8.32 Å². The van der Waals surface area contributed by atoms with Crippen LogP contribution in [0.25, 0.3) is 0 Å². The van der Waals surface area contributed by atoms with Crippen molar-refractivity contribution in [1.29, 1.82) is 5.26 Å². The van der Waals surface area contributed by atoms with E-state index in [0.29, 0.717) is 0 Å². The van der Waals surface area contributed by atoms with Crippen LogP contribution in [0, 0.1) is 10.7 Å². The lowest BCUT2D eigenvalue weighted by atomic mass is 10.1. The van der Waals surface area contributed by atoms with E-state index in [2.05, 4.69) is 25.4 Å². The van der Waals surface area contributed by atoms with Crippen molar-refractivity contribution in [3.05, 3.63) is 0 Å². The van der Waals surface area contributed by atoms with Gasteiger partial charge in [0, 0.05) is 12.4 Å². The van der Waals surface area contributed by atoms with Gasteiger partial charge >= 0.3 is 0 Å². The van der Waals surface area contributed by atoms with Gasteiger partial charge in [0.2, 0.25) is 0 Å². The summed E-state index contributed by atoms with van der Waals surface area (Å²) in [6, 6.07) is 1.31. The average molecular weight is 302 g/mol. The predicted octanol–water partition coefficient (Wildman–Crippen LogP) is 5.56. The van der Waals surface area contributed by atoms with Gasteiger partial charge < -0.3 is 4.43 Å². The summed E-state index contributed by atoms with van der Waals surface area (Å²) in [6.07, 6.45) is 10.7. The average Bonchev–Trinajstić information content (AvgIpc) is 2.36. The highest BCUT2D eigenvalue weighted by Crippen LogP contribution is 2.17. The standard InChI is InChI=1S/C15H31NOSSi/c1-4-17-19(2,3)14-12-10-8-6-5-7-9-11-13-18-15-16/h4-14H2,1-3H3. The van der Waals surface area contributed by atoms with Crippen molar-refractivity contribution in [2.45, 2.75) is 77.4 Å². The molecular formula is C15H31NOSSi. The van der Waals surface area contributed by atoms with Gasteiger partial charge in [0.15, 0.2) is 8.32 Å². The fourth-order valence-corrected chi connectivity index (χ4v) is 4.76. The molecule has 0 saturated heterocycles. The van der Waals surface area contributed by atoms with Gasteiger partial charge in [-0.3, -0.25) is 0 Å². The topological polar surface area (TPSA) is 33.0 Å². The Morgan fingerprint density at radius 3 is 2.00 bits per heavy atom. The minimum Gasteiger partial charge on any atom is -0.418 e. The van der Waals surface area contributed by atoms with E-state index in [9.17, 15) is 0 Å². The van der Waals surface area contributed by atoms with E-state index in [4.69, 9.17) is 9.69 Å². The lowest BCUT2D eigenvalue weighted by molar-refractivity contribution is 0.327. The second-order valence-electron chi connectivity index (χ2n) is 5.71. The summed E-state index contributed by atoms with van der Waals surface area (Å²) < 4.78 is 5.84. The largest absolute Gasteiger partial charge is 0.418 e. The van der Waals surface area contributed by atoms with Crippen LogP contribution in [0.3, 0.4) is 0 Å². The third-order valence-corrected chi connectivity index (χ3v) is 6.62. The highest BCUT2D eigenvalue weighted by atomic mass is 32.2. The zero-order valence-corrected chi connectivity index (χ0v) is 14.9. The minimum absolute atomic E-state index is 0.878. The number of rotatable bonds is 13. The van der Waals surface area contributed by atoms with Gasteiger partial charge in [-0.2, -0.15) is 5.26 Å². The summed E-state index contributed by atoms with van der Waals surface area (Å²) >= 11 is 1.39. The first-order valence-electron chi connectivity index (χ1n) is 7.77. The Morgan fingerprint density at radius 2 is 1.47 bits per heavy atom. The lowest BCUT2D eigenvalue weighted by Crippen LogP contribution is -2.29. The fraction of sp³-hybridized carbons (Fsp3) is 0.933. The van der Waals surface area contributed by atoms with Crippen molar-refractivity contribution in [3.8, 4) is 5.40 Å². The Kier molecular flexibility index (Phi) is 13.0. The van der Waals surface area contributed by atoms with Gasteiger partial charge in [-0.05, 0) is 44.2 Å². The zero-order valence-electron chi connectivity index (χ0n) is 13.0. The molecule has 2 nitrogen and oxygen atoms in total. The molecule has 0 saturated carbocycles. The molecule has 0 radical (unpaired) electrons. The molecule has 0 N–H and O–H groups in total. The molecule has 0 unspecified atom stereocenters. The van der Waals surface area contributed by atoms with Gasteiger partial charge in [-0.1, -0.05) is 44.9 Å². The van der Waals surface area contributed by atoms with E-state index in [1.165, 1.54) is 69.2 Å². The maximum atomic E-state index is 8.39. The molecule has 0 aromatic rings. The van der Waals surface area contributed by atoms with Crippen LogP contribution in [0.4, 0.5) is 0 Å². The first-order valence-corrected chi connectivity index (χ1v) is 11.9. The van der Waals surface area contributed by atoms with Gasteiger partial charge in [0.25, 0.3) is 0 Å². The van der Waals surface area contributed by atoms with Crippen LogP contribution < -0.4 is 0 Å². The maximum absolute atomic E-state index is 8.39. The summed E-state index contributed by atoms with van der Waals surface area (Å²) in [6.45, 7) is 7.64. The molecule has 0 spiro atoms. The highest BCUT2D eigenvalue weighted by Gasteiger charge is 2.20.